The average molecular weight is 176 g/mol. The first-order valence-electron chi connectivity index (χ1n) is 5.39. The van der Waals surface area contributed by atoms with Crippen LogP contribution in [0.4, 0.5) is 0 Å². The van der Waals surface area contributed by atoms with Crippen LogP contribution >= 0.6 is 0 Å². The molecule has 70 valence electrons. The average Bonchev–Trinajstić information content (AvgIpc) is 2.77. The second-order valence-electron chi connectivity index (χ2n) is 4.66. The van der Waals surface area contributed by atoms with Crippen LogP contribution in [0, 0.1) is 17.8 Å². The number of fused-ring (bicyclic) bond motifs is 2. The monoisotopic (exact) mass is 176 g/mol. The fourth-order valence-corrected chi connectivity index (χ4v) is 3.25. The zero-order valence-corrected chi connectivity index (χ0v) is 7.89. The van der Waals surface area contributed by atoms with Crippen LogP contribution in [0.15, 0.2) is 18.5 Å². The lowest BCUT2D eigenvalue weighted by atomic mass is 9.89. The summed E-state index contributed by atoms with van der Waals surface area (Å²) in [5.74, 6) is 3.01. The molecule has 2 nitrogen and oxygen atoms in total. The predicted molar refractivity (Wildman–Crippen MR) is 51.2 cm³/mol. The van der Waals surface area contributed by atoms with Gasteiger partial charge in [-0.3, -0.25) is 4.68 Å². The van der Waals surface area contributed by atoms with Gasteiger partial charge in [0.05, 0.1) is 0 Å². The molecule has 1 heterocycles. The predicted octanol–water partition coefficient (Wildman–Crippen LogP) is 2.32. The largest absolute Gasteiger partial charge is 0.272 e. The molecular formula is C11H16N2. The zero-order chi connectivity index (χ0) is 8.67. The standard InChI is InChI=1S/C11H16N2/c1-4-12-13(5-1)8-11-7-9-2-3-10(11)6-9/h1,4-5,9-11H,2-3,6-8H2. The number of hydrogen-bond acceptors (Lipinski definition) is 1. The molecule has 0 spiro atoms. The minimum atomic E-state index is 0.929. The Balaban J connectivity index is 1.68. The summed E-state index contributed by atoms with van der Waals surface area (Å²) in [6, 6.07) is 2.02. The lowest BCUT2D eigenvalue weighted by Gasteiger charge is -2.21. The molecule has 2 aliphatic carbocycles. The molecule has 2 heteroatoms. The molecular weight excluding hydrogens is 160 g/mol. The third-order valence-corrected chi connectivity index (χ3v) is 3.87. The number of hydrogen-bond donors (Lipinski definition) is 0. The fraction of sp³-hybridized carbons (Fsp3) is 0.727. The second-order valence-corrected chi connectivity index (χ2v) is 4.66. The van der Waals surface area contributed by atoms with Crippen molar-refractivity contribution in [2.75, 3.05) is 0 Å². The summed E-state index contributed by atoms with van der Waals surface area (Å²) in [5, 5.41) is 4.28. The fourth-order valence-electron chi connectivity index (χ4n) is 3.25. The molecule has 0 aromatic carbocycles. The van der Waals surface area contributed by atoms with E-state index in [0.29, 0.717) is 0 Å². The third kappa shape index (κ3) is 1.28. The SMILES string of the molecule is c1cnn(CC2CC3CCC2C3)c1. The van der Waals surface area contributed by atoms with E-state index in [9.17, 15) is 0 Å². The van der Waals surface area contributed by atoms with E-state index in [1.54, 1.807) is 0 Å². The highest BCUT2D eigenvalue weighted by Gasteiger charge is 2.39. The van der Waals surface area contributed by atoms with E-state index in [0.717, 1.165) is 24.3 Å². The van der Waals surface area contributed by atoms with Gasteiger partial charge in [-0.25, -0.2) is 0 Å². The molecule has 2 fully saturated rings. The summed E-state index contributed by atoms with van der Waals surface area (Å²) in [5.41, 5.74) is 0. The maximum Gasteiger partial charge on any atom is 0.0489 e. The van der Waals surface area contributed by atoms with Crippen LogP contribution in [-0.2, 0) is 6.54 Å². The smallest absolute Gasteiger partial charge is 0.0489 e. The van der Waals surface area contributed by atoms with Crippen molar-refractivity contribution in [3.63, 3.8) is 0 Å². The van der Waals surface area contributed by atoms with Crippen LogP contribution < -0.4 is 0 Å². The Morgan fingerprint density at radius 1 is 1.31 bits per heavy atom. The molecule has 1 aromatic heterocycles. The van der Waals surface area contributed by atoms with Crippen molar-refractivity contribution in [1.82, 2.24) is 9.78 Å². The molecule has 3 atom stereocenters. The highest BCUT2D eigenvalue weighted by atomic mass is 15.3. The summed E-state index contributed by atoms with van der Waals surface area (Å²) in [6.45, 7) is 1.16. The van der Waals surface area contributed by atoms with E-state index in [1.807, 2.05) is 12.3 Å². The topological polar surface area (TPSA) is 17.8 Å². The van der Waals surface area contributed by atoms with Gasteiger partial charge in [0.1, 0.15) is 0 Å². The third-order valence-electron chi connectivity index (χ3n) is 3.87. The van der Waals surface area contributed by atoms with Crippen molar-refractivity contribution in [1.29, 1.82) is 0 Å². The molecule has 0 radical (unpaired) electrons. The van der Waals surface area contributed by atoms with Gasteiger partial charge in [0.2, 0.25) is 0 Å². The Morgan fingerprint density at radius 2 is 2.31 bits per heavy atom. The maximum atomic E-state index is 4.28. The first-order chi connectivity index (χ1) is 6.42. The van der Waals surface area contributed by atoms with Gasteiger partial charge < -0.3 is 0 Å². The molecule has 2 saturated carbocycles. The van der Waals surface area contributed by atoms with Gasteiger partial charge in [-0.2, -0.15) is 5.10 Å². The highest BCUT2D eigenvalue weighted by Crippen LogP contribution is 2.48. The van der Waals surface area contributed by atoms with Crippen molar-refractivity contribution in [3.8, 4) is 0 Å². The van der Waals surface area contributed by atoms with Crippen LogP contribution in [-0.4, -0.2) is 9.78 Å². The van der Waals surface area contributed by atoms with Crippen molar-refractivity contribution < 1.29 is 0 Å². The Bertz CT molecular complexity index is 278. The molecule has 1 aromatic rings. The Morgan fingerprint density at radius 3 is 2.92 bits per heavy atom. The highest BCUT2D eigenvalue weighted by molar-refractivity contribution is 4.90. The minimum Gasteiger partial charge on any atom is -0.272 e. The van der Waals surface area contributed by atoms with Crippen LogP contribution in [0.3, 0.4) is 0 Å². The van der Waals surface area contributed by atoms with Crippen LogP contribution in [0.25, 0.3) is 0 Å². The van der Waals surface area contributed by atoms with Crippen LogP contribution in [0.5, 0.6) is 0 Å². The summed E-state index contributed by atoms with van der Waals surface area (Å²) in [7, 11) is 0. The van der Waals surface area contributed by atoms with Crippen molar-refractivity contribution in [2.24, 2.45) is 17.8 Å². The molecule has 0 N–H and O–H groups in total. The lowest BCUT2D eigenvalue weighted by molar-refractivity contribution is 0.285. The van der Waals surface area contributed by atoms with Gasteiger partial charge >= 0.3 is 0 Å². The Kier molecular flexibility index (Phi) is 1.67. The number of aromatic nitrogens is 2. The minimum absolute atomic E-state index is 0.929. The van der Waals surface area contributed by atoms with Gasteiger partial charge in [0, 0.05) is 18.9 Å². The lowest BCUT2D eigenvalue weighted by Crippen LogP contribution is -2.17. The summed E-state index contributed by atoms with van der Waals surface area (Å²) in [6.07, 6.45) is 9.92. The molecule has 13 heavy (non-hydrogen) atoms. The number of nitrogens with zero attached hydrogens (tertiary/aromatic N) is 2. The quantitative estimate of drug-likeness (QED) is 0.676. The van der Waals surface area contributed by atoms with E-state index >= 15 is 0 Å². The van der Waals surface area contributed by atoms with Crippen molar-refractivity contribution in [3.05, 3.63) is 18.5 Å². The first-order valence-corrected chi connectivity index (χ1v) is 5.39. The van der Waals surface area contributed by atoms with E-state index in [1.165, 1.54) is 25.7 Å². The molecule has 2 bridgehead atoms. The summed E-state index contributed by atoms with van der Waals surface area (Å²) >= 11 is 0. The summed E-state index contributed by atoms with van der Waals surface area (Å²) in [4.78, 5) is 0. The van der Waals surface area contributed by atoms with Crippen molar-refractivity contribution >= 4 is 0 Å². The van der Waals surface area contributed by atoms with E-state index in [2.05, 4.69) is 16.0 Å². The first kappa shape index (κ1) is 7.60. The molecule has 0 amide bonds. The number of rotatable bonds is 2. The van der Waals surface area contributed by atoms with Gasteiger partial charge in [0.15, 0.2) is 0 Å². The van der Waals surface area contributed by atoms with E-state index in [-0.39, 0.29) is 0 Å². The zero-order valence-electron chi connectivity index (χ0n) is 7.89. The molecule has 2 aliphatic rings. The molecule has 3 rings (SSSR count). The normalized spacial score (nSPS) is 37.1. The molecule has 3 unspecified atom stereocenters. The van der Waals surface area contributed by atoms with Crippen LogP contribution in [0.1, 0.15) is 25.7 Å². The van der Waals surface area contributed by atoms with Gasteiger partial charge in [-0.15, -0.1) is 0 Å². The van der Waals surface area contributed by atoms with E-state index < -0.39 is 0 Å². The summed E-state index contributed by atoms with van der Waals surface area (Å²) < 4.78 is 2.10. The van der Waals surface area contributed by atoms with Crippen molar-refractivity contribution in [2.45, 2.75) is 32.2 Å². The molecule has 0 aliphatic heterocycles. The van der Waals surface area contributed by atoms with E-state index in [4.69, 9.17) is 0 Å². The Labute approximate surface area is 78.9 Å². The Hall–Kier alpha value is -0.790. The van der Waals surface area contributed by atoms with Crippen LogP contribution in [0.2, 0.25) is 0 Å². The maximum absolute atomic E-state index is 4.28. The molecule has 0 saturated heterocycles. The van der Waals surface area contributed by atoms with Gasteiger partial charge in [0.25, 0.3) is 0 Å². The second kappa shape index (κ2) is 2.86. The van der Waals surface area contributed by atoms with Gasteiger partial charge in [-0.05, 0) is 43.1 Å². The van der Waals surface area contributed by atoms with Gasteiger partial charge in [-0.1, -0.05) is 6.42 Å².